The van der Waals surface area contributed by atoms with Gasteiger partial charge in [-0.25, -0.2) is 0 Å². The summed E-state index contributed by atoms with van der Waals surface area (Å²) in [4.78, 5) is 0. The molecule has 2 aliphatic heterocycles. The van der Waals surface area contributed by atoms with Crippen LogP contribution in [0.5, 0.6) is 0 Å². The number of hydrogen-bond acceptors (Lipinski definition) is 4. The van der Waals surface area contributed by atoms with Gasteiger partial charge in [0.1, 0.15) is 0 Å². The molecule has 3 unspecified atom stereocenters. The van der Waals surface area contributed by atoms with Gasteiger partial charge in [-0.2, -0.15) is 11.8 Å². The fourth-order valence-corrected chi connectivity index (χ4v) is 2.99. The van der Waals surface area contributed by atoms with Gasteiger partial charge in [0.15, 0.2) is 6.29 Å². The molecule has 76 valence electrons. The second-order valence-corrected chi connectivity index (χ2v) is 4.82. The molecule has 0 bridgehead atoms. The maximum absolute atomic E-state index is 5.69. The molecule has 0 radical (unpaired) electrons. The lowest BCUT2D eigenvalue weighted by atomic mass is 10.1. The van der Waals surface area contributed by atoms with Crippen LogP contribution in [0, 0.1) is 5.92 Å². The highest BCUT2D eigenvalue weighted by molar-refractivity contribution is 7.99. The number of thioether (sulfide) groups is 1. The molecule has 2 aliphatic rings. The third kappa shape index (κ3) is 2.37. The van der Waals surface area contributed by atoms with Crippen LogP contribution < -0.4 is 5.73 Å². The van der Waals surface area contributed by atoms with Crippen molar-refractivity contribution < 1.29 is 9.47 Å². The van der Waals surface area contributed by atoms with E-state index in [1.54, 1.807) is 0 Å². The Hall–Kier alpha value is 0.230. The maximum atomic E-state index is 5.69. The van der Waals surface area contributed by atoms with Crippen molar-refractivity contribution in [2.24, 2.45) is 11.7 Å². The second-order valence-electron chi connectivity index (χ2n) is 3.67. The summed E-state index contributed by atoms with van der Waals surface area (Å²) in [6.45, 7) is 1.26. The van der Waals surface area contributed by atoms with Gasteiger partial charge in [-0.15, -0.1) is 0 Å². The van der Waals surface area contributed by atoms with Crippen molar-refractivity contribution in [3.8, 4) is 0 Å². The summed E-state index contributed by atoms with van der Waals surface area (Å²) < 4.78 is 11.3. The normalized spacial score (nSPS) is 40.8. The molecule has 0 aromatic heterocycles. The van der Waals surface area contributed by atoms with E-state index >= 15 is 0 Å². The van der Waals surface area contributed by atoms with Gasteiger partial charge in [-0.05, 0) is 18.6 Å². The van der Waals surface area contributed by atoms with E-state index in [9.17, 15) is 0 Å². The molecule has 0 aromatic rings. The fourth-order valence-electron chi connectivity index (χ4n) is 1.82. The van der Waals surface area contributed by atoms with Crippen LogP contribution in [0.2, 0.25) is 0 Å². The SMILES string of the molecule is NCC1COC(C2CCCSC2)O1. The average molecular weight is 203 g/mol. The Morgan fingerprint density at radius 3 is 3.00 bits per heavy atom. The van der Waals surface area contributed by atoms with Gasteiger partial charge in [0, 0.05) is 18.2 Å². The molecule has 0 aromatic carbocycles. The van der Waals surface area contributed by atoms with Gasteiger partial charge in [0.2, 0.25) is 0 Å². The summed E-state index contributed by atoms with van der Waals surface area (Å²) in [6.07, 6.45) is 2.71. The predicted octanol–water partition coefficient (Wildman–Crippen LogP) is 0.830. The van der Waals surface area contributed by atoms with Crippen molar-refractivity contribution in [1.82, 2.24) is 0 Å². The quantitative estimate of drug-likeness (QED) is 0.722. The van der Waals surface area contributed by atoms with Gasteiger partial charge >= 0.3 is 0 Å². The summed E-state index contributed by atoms with van der Waals surface area (Å²) in [5, 5.41) is 0. The van der Waals surface area contributed by atoms with Crippen molar-refractivity contribution in [3.05, 3.63) is 0 Å². The van der Waals surface area contributed by atoms with Crippen molar-refractivity contribution >= 4 is 11.8 Å². The summed E-state index contributed by atoms with van der Waals surface area (Å²) >= 11 is 2.01. The lowest BCUT2D eigenvalue weighted by Crippen LogP contribution is -2.28. The molecule has 0 amide bonds. The van der Waals surface area contributed by atoms with Crippen LogP contribution in [0.15, 0.2) is 0 Å². The zero-order chi connectivity index (χ0) is 9.10. The van der Waals surface area contributed by atoms with E-state index in [1.165, 1.54) is 24.3 Å². The number of ether oxygens (including phenoxy) is 2. The van der Waals surface area contributed by atoms with Crippen LogP contribution in [0.1, 0.15) is 12.8 Å². The highest BCUT2D eigenvalue weighted by Gasteiger charge is 2.32. The van der Waals surface area contributed by atoms with Gasteiger partial charge in [-0.1, -0.05) is 0 Å². The van der Waals surface area contributed by atoms with Gasteiger partial charge < -0.3 is 15.2 Å². The van der Waals surface area contributed by atoms with E-state index < -0.39 is 0 Å². The number of rotatable bonds is 2. The topological polar surface area (TPSA) is 44.5 Å². The Bertz CT molecular complexity index is 162. The van der Waals surface area contributed by atoms with Gasteiger partial charge in [-0.3, -0.25) is 0 Å². The van der Waals surface area contributed by atoms with Gasteiger partial charge in [0.25, 0.3) is 0 Å². The Morgan fingerprint density at radius 1 is 1.46 bits per heavy atom. The van der Waals surface area contributed by atoms with Gasteiger partial charge in [0.05, 0.1) is 12.7 Å². The van der Waals surface area contributed by atoms with E-state index in [0.717, 1.165) is 0 Å². The summed E-state index contributed by atoms with van der Waals surface area (Å²) in [5.74, 6) is 3.07. The Labute approximate surface area is 83.3 Å². The molecular weight excluding hydrogens is 186 g/mol. The van der Waals surface area contributed by atoms with Crippen LogP contribution in [-0.4, -0.2) is 37.1 Å². The summed E-state index contributed by atoms with van der Waals surface area (Å²) in [5.41, 5.74) is 5.52. The third-order valence-corrected chi connectivity index (χ3v) is 3.86. The molecule has 4 heteroatoms. The Balaban J connectivity index is 1.80. The minimum atomic E-state index is 0.0290. The average Bonchev–Trinajstić information content (AvgIpc) is 2.67. The molecule has 2 rings (SSSR count). The molecule has 2 heterocycles. The zero-order valence-corrected chi connectivity index (χ0v) is 8.59. The van der Waals surface area contributed by atoms with Crippen molar-refractivity contribution in [2.45, 2.75) is 25.2 Å². The van der Waals surface area contributed by atoms with Crippen LogP contribution in [0.25, 0.3) is 0 Å². The minimum absolute atomic E-state index is 0.0290. The van der Waals surface area contributed by atoms with E-state index in [1.807, 2.05) is 11.8 Å². The van der Waals surface area contributed by atoms with E-state index in [-0.39, 0.29) is 12.4 Å². The molecule has 3 atom stereocenters. The molecule has 2 fully saturated rings. The predicted molar refractivity (Wildman–Crippen MR) is 53.7 cm³/mol. The standard InChI is InChI=1S/C9H17NO2S/c10-4-8-5-11-9(12-8)7-2-1-3-13-6-7/h7-9H,1-6,10H2. The lowest BCUT2D eigenvalue weighted by molar-refractivity contribution is -0.0915. The van der Waals surface area contributed by atoms with Crippen molar-refractivity contribution in [2.75, 3.05) is 24.7 Å². The molecule has 2 N–H and O–H groups in total. The molecule has 0 spiro atoms. The molecule has 0 aliphatic carbocycles. The monoisotopic (exact) mass is 203 g/mol. The molecule has 13 heavy (non-hydrogen) atoms. The highest BCUT2D eigenvalue weighted by Crippen LogP contribution is 2.30. The zero-order valence-electron chi connectivity index (χ0n) is 7.78. The van der Waals surface area contributed by atoms with E-state index in [2.05, 4.69) is 0 Å². The van der Waals surface area contributed by atoms with Crippen LogP contribution >= 0.6 is 11.8 Å². The van der Waals surface area contributed by atoms with Crippen molar-refractivity contribution in [1.29, 1.82) is 0 Å². The lowest BCUT2D eigenvalue weighted by Gasteiger charge is -2.25. The summed E-state index contributed by atoms with van der Waals surface area (Å²) in [7, 11) is 0. The van der Waals surface area contributed by atoms with E-state index in [4.69, 9.17) is 15.2 Å². The first-order valence-electron chi connectivity index (χ1n) is 4.95. The fraction of sp³-hybridized carbons (Fsp3) is 1.00. The van der Waals surface area contributed by atoms with Crippen LogP contribution in [-0.2, 0) is 9.47 Å². The molecular formula is C9H17NO2S. The minimum Gasteiger partial charge on any atom is -0.350 e. The van der Waals surface area contributed by atoms with Crippen molar-refractivity contribution in [3.63, 3.8) is 0 Å². The van der Waals surface area contributed by atoms with Crippen LogP contribution in [0.4, 0.5) is 0 Å². The van der Waals surface area contributed by atoms with E-state index in [0.29, 0.717) is 19.1 Å². The smallest absolute Gasteiger partial charge is 0.161 e. The molecule has 3 nitrogen and oxygen atoms in total. The Morgan fingerprint density at radius 2 is 2.38 bits per heavy atom. The first kappa shape index (κ1) is 9.77. The number of nitrogens with two attached hydrogens (primary N) is 1. The largest absolute Gasteiger partial charge is 0.350 e. The highest BCUT2D eigenvalue weighted by atomic mass is 32.2. The second kappa shape index (κ2) is 4.64. The van der Waals surface area contributed by atoms with Crippen LogP contribution in [0.3, 0.4) is 0 Å². The third-order valence-electron chi connectivity index (χ3n) is 2.62. The maximum Gasteiger partial charge on any atom is 0.161 e. The number of hydrogen-bond donors (Lipinski definition) is 1. The molecule has 0 saturated carbocycles. The molecule has 2 saturated heterocycles. The Kier molecular flexibility index (Phi) is 3.49. The summed E-state index contributed by atoms with van der Waals surface area (Å²) in [6, 6.07) is 0. The first-order valence-corrected chi connectivity index (χ1v) is 6.10. The first-order chi connectivity index (χ1) is 6.40.